The van der Waals surface area contributed by atoms with Crippen molar-refractivity contribution < 1.29 is 36.3 Å². The van der Waals surface area contributed by atoms with Crippen LogP contribution in [0.3, 0.4) is 0 Å². The number of sulfonamides is 1. The highest BCUT2D eigenvalue weighted by Gasteiger charge is 2.33. The molecule has 1 saturated heterocycles. The van der Waals surface area contributed by atoms with Gasteiger partial charge in [-0.1, -0.05) is 0 Å². The number of rotatable bonds is 5. The summed E-state index contributed by atoms with van der Waals surface area (Å²) in [5, 5.41) is 10.7. The average Bonchev–Trinajstić information content (AvgIpc) is 2.59. The molecule has 2 rings (SSSR count). The molecule has 7 nitrogen and oxygen atoms in total. The molecule has 1 aliphatic rings. The lowest BCUT2D eigenvalue weighted by Crippen LogP contribution is -2.42. The Labute approximate surface area is 147 Å². The Morgan fingerprint density at radius 3 is 2.38 bits per heavy atom. The van der Waals surface area contributed by atoms with Crippen LogP contribution in [0.1, 0.15) is 23.2 Å². The lowest BCUT2D eigenvalue weighted by Gasteiger charge is -2.29. The standard InChI is InChI=1S/C15H17F3N2O5S/c16-15(17,18)9-19-13(21)10-3-5-12(6-4-10)26(24,25)20-7-1-2-11(8-20)14(22)23/h3-6,11H,1-2,7-9H2,(H,19,21)(H,22,23). The molecule has 1 heterocycles. The average molecular weight is 394 g/mol. The Balaban J connectivity index is 2.11. The number of hydrogen-bond acceptors (Lipinski definition) is 4. The van der Waals surface area contributed by atoms with Gasteiger partial charge in [0.2, 0.25) is 10.0 Å². The summed E-state index contributed by atoms with van der Waals surface area (Å²) >= 11 is 0. The monoisotopic (exact) mass is 394 g/mol. The summed E-state index contributed by atoms with van der Waals surface area (Å²) in [7, 11) is -3.95. The summed E-state index contributed by atoms with van der Waals surface area (Å²) in [4.78, 5) is 22.5. The fraction of sp³-hybridized carbons (Fsp3) is 0.467. The Hall–Kier alpha value is -2.14. The van der Waals surface area contributed by atoms with Gasteiger partial charge in [0.15, 0.2) is 0 Å². The molecule has 0 aromatic heterocycles. The topological polar surface area (TPSA) is 104 Å². The third-order valence-corrected chi connectivity index (χ3v) is 5.82. The second-order valence-electron chi connectivity index (χ2n) is 5.86. The predicted octanol–water partition coefficient (Wildman–Crippen LogP) is 1.46. The molecule has 0 bridgehead atoms. The van der Waals surface area contributed by atoms with Gasteiger partial charge in [-0.15, -0.1) is 0 Å². The molecular weight excluding hydrogens is 377 g/mol. The zero-order valence-electron chi connectivity index (χ0n) is 13.5. The lowest BCUT2D eigenvalue weighted by atomic mass is 10.0. The van der Waals surface area contributed by atoms with Crippen molar-refractivity contribution in [3.05, 3.63) is 29.8 Å². The fourth-order valence-corrected chi connectivity index (χ4v) is 4.10. The molecular formula is C15H17F3N2O5S. The molecule has 0 saturated carbocycles. The van der Waals surface area contributed by atoms with Crippen LogP contribution in [-0.2, 0) is 14.8 Å². The van der Waals surface area contributed by atoms with Crippen LogP contribution < -0.4 is 5.32 Å². The van der Waals surface area contributed by atoms with E-state index in [0.717, 1.165) is 28.6 Å². The first-order valence-corrected chi connectivity index (χ1v) is 9.12. The first-order valence-electron chi connectivity index (χ1n) is 7.68. The molecule has 0 spiro atoms. The summed E-state index contributed by atoms with van der Waals surface area (Å²) in [6.07, 6.45) is -3.75. The number of carboxylic acids is 1. The van der Waals surface area contributed by atoms with E-state index in [1.807, 2.05) is 0 Å². The van der Waals surface area contributed by atoms with Crippen molar-refractivity contribution in [2.75, 3.05) is 19.6 Å². The second kappa shape index (κ2) is 7.62. The van der Waals surface area contributed by atoms with E-state index in [0.29, 0.717) is 12.8 Å². The molecule has 144 valence electrons. The molecule has 11 heteroatoms. The number of nitrogens with zero attached hydrogens (tertiary/aromatic N) is 1. The van der Waals surface area contributed by atoms with Crippen LogP contribution in [0.2, 0.25) is 0 Å². The number of amides is 1. The number of carbonyl (C=O) groups is 2. The SMILES string of the molecule is O=C(NCC(F)(F)F)c1ccc(S(=O)(=O)N2CCCC(C(=O)O)C2)cc1. The molecule has 1 atom stereocenters. The minimum atomic E-state index is -4.55. The number of carbonyl (C=O) groups excluding carboxylic acids is 1. The molecule has 1 amide bonds. The van der Waals surface area contributed by atoms with E-state index in [1.165, 1.54) is 0 Å². The molecule has 1 aliphatic heterocycles. The number of aliphatic carboxylic acids is 1. The van der Waals surface area contributed by atoms with Crippen LogP contribution in [0.4, 0.5) is 13.2 Å². The molecule has 0 radical (unpaired) electrons. The fourth-order valence-electron chi connectivity index (χ4n) is 2.57. The quantitative estimate of drug-likeness (QED) is 0.787. The van der Waals surface area contributed by atoms with Crippen molar-refractivity contribution in [1.82, 2.24) is 9.62 Å². The predicted molar refractivity (Wildman–Crippen MR) is 83.9 cm³/mol. The van der Waals surface area contributed by atoms with Gasteiger partial charge in [-0.05, 0) is 37.1 Å². The van der Waals surface area contributed by atoms with Gasteiger partial charge in [0, 0.05) is 18.7 Å². The number of nitrogens with one attached hydrogen (secondary N) is 1. The first kappa shape index (κ1) is 20.2. The Morgan fingerprint density at radius 1 is 1.23 bits per heavy atom. The Bertz CT molecular complexity index is 777. The highest BCUT2D eigenvalue weighted by atomic mass is 32.2. The molecule has 26 heavy (non-hydrogen) atoms. The smallest absolute Gasteiger partial charge is 0.405 e. The number of benzene rings is 1. The third kappa shape index (κ3) is 4.94. The zero-order valence-corrected chi connectivity index (χ0v) is 14.3. The molecule has 1 unspecified atom stereocenters. The van der Waals surface area contributed by atoms with Crippen molar-refractivity contribution in [1.29, 1.82) is 0 Å². The molecule has 1 aromatic rings. The maximum Gasteiger partial charge on any atom is 0.405 e. The van der Waals surface area contributed by atoms with Crippen molar-refractivity contribution >= 4 is 21.9 Å². The lowest BCUT2D eigenvalue weighted by molar-refractivity contribution is -0.142. The molecule has 1 fully saturated rings. The van der Waals surface area contributed by atoms with Crippen LogP contribution in [0.15, 0.2) is 29.2 Å². The van der Waals surface area contributed by atoms with Gasteiger partial charge in [0.1, 0.15) is 6.54 Å². The number of piperidine rings is 1. The van der Waals surface area contributed by atoms with Gasteiger partial charge in [-0.25, -0.2) is 8.42 Å². The van der Waals surface area contributed by atoms with Crippen LogP contribution in [0.25, 0.3) is 0 Å². The van der Waals surface area contributed by atoms with Crippen LogP contribution in [0.5, 0.6) is 0 Å². The van der Waals surface area contributed by atoms with Crippen LogP contribution in [0, 0.1) is 5.92 Å². The normalized spacial score (nSPS) is 19.1. The Morgan fingerprint density at radius 2 is 1.85 bits per heavy atom. The molecule has 0 aliphatic carbocycles. The second-order valence-corrected chi connectivity index (χ2v) is 7.80. The first-order chi connectivity index (χ1) is 12.0. The highest BCUT2D eigenvalue weighted by molar-refractivity contribution is 7.89. The van der Waals surface area contributed by atoms with E-state index < -0.39 is 40.5 Å². The zero-order chi connectivity index (χ0) is 19.5. The van der Waals surface area contributed by atoms with Crippen LogP contribution in [-0.4, -0.2) is 55.5 Å². The van der Waals surface area contributed by atoms with Gasteiger partial charge in [-0.3, -0.25) is 9.59 Å². The number of hydrogen-bond donors (Lipinski definition) is 2. The van der Waals surface area contributed by atoms with Crippen LogP contribution >= 0.6 is 0 Å². The third-order valence-electron chi connectivity index (χ3n) is 3.94. The van der Waals surface area contributed by atoms with E-state index in [9.17, 15) is 31.2 Å². The molecule has 1 aromatic carbocycles. The van der Waals surface area contributed by atoms with Crippen molar-refractivity contribution in [2.24, 2.45) is 5.92 Å². The maximum absolute atomic E-state index is 12.6. The summed E-state index contributed by atoms with van der Waals surface area (Å²) in [6, 6.07) is 4.44. The van der Waals surface area contributed by atoms with Gasteiger partial charge in [0.05, 0.1) is 10.8 Å². The number of halogens is 3. The van der Waals surface area contributed by atoms with Gasteiger partial charge < -0.3 is 10.4 Å². The summed E-state index contributed by atoms with van der Waals surface area (Å²) in [5.74, 6) is -2.83. The minimum Gasteiger partial charge on any atom is -0.481 e. The van der Waals surface area contributed by atoms with Gasteiger partial charge >= 0.3 is 12.1 Å². The van der Waals surface area contributed by atoms with E-state index in [-0.39, 0.29) is 23.5 Å². The van der Waals surface area contributed by atoms with E-state index in [2.05, 4.69) is 0 Å². The van der Waals surface area contributed by atoms with E-state index in [1.54, 1.807) is 5.32 Å². The van der Waals surface area contributed by atoms with Crippen molar-refractivity contribution in [3.63, 3.8) is 0 Å². The number of alkyl halides is 3. The van der Waals surface area contributed by atoms with Crippen molar-refractivity contribution in [3.8, 4) is 0 Å². The molecule has 2 N–H and O–H groups in total. The summed E-state index contributed by atoms with van der Waals surface area (Å²) in [6.45, 7) is -1.46. The Kier molecular flexibility index (Phi) is 5.91. The highest BCUT2D eigenvalue weighted by Crippen LogP contribution is 2.24. The summed E-state index contributed by atoms with van der Waals surface area (Å²) in [5.41, 5.74) is -0.116. The van der Waals surface area contributed by atoms with E-state index >= 15 is 0 Å². The largest absolute Gasteiger partial charge is 0.481 e. The summed E-state index contributed by atoms with van der Waals surface area (Å²) < 4.78 is 62.5. The minimum absolute atomic E-state index is 0.116. The van der Waals surface area contributed by atoms with E-state index in [4.69, 9.17) is 5.11 Å². The van der Waals surface area contributed by atoms with Crippen molar-refractivity contribution in [2.45, 2.75) is 23.9 Å². The van der Waals surface area contributed by atoms with Gasteiger partial charge in [-0.2, -0.15) is 17.5 Å². The maximum atomic E-state index is 12.6. The number of carboxylic acid groups (broad SMARTS) is 1. The van der Waals surface area contributed by atoms with Gasteiger partial charge in [0.25, 0.3) is 5.91 Å².